The Labute approximate surface area is 108 Å². The molecule has 0 aliphatic rings. The molecule has 0 radical (unpaired) electrons. The summed E-state index contributed by atoms with van der Waals surface area (Å²) in [6.45, 7) is 1.93. The lowest BCUT2D eigenvalue weighted by atomic mass is 10.1. The molecule has 4 heteroatoms. The van der Waals surface area contributed by atoms with Crippen molar-refractivity contribution in [2.45, 2.75) is 6.92 Å². The molecule has 0 atom stereocenters. The molecule has 1 aromatic carbocycles. The fourth-order valence-corrected chi connectivity index (χ4v) is 2.94. The van der Waals surface area contributed by atoms with E-state index in [2.05, 4.69) is 4.98 Å². The number of anilines is 1. The second kappa shape index (κ2) is 4.07. The van der Waals surface area contributed by atoms with E-state index in [0.29, 0.717) is 4.83 Å². The van der Waals surface area contributed by atoms with Crippen molar-refractivity contribution in [2.24, 2.45) is 0 Å². The Morgan fingerprint density at radius 3 is 2.67 bits per heavy atom. The zero-order valence-electron chi connectivity index (χ0n) is 9.77. The summed E-state index contributed by atoms with van der Waals surface area (Å²) in [5, 5.41) is 0.378. The van der Waals surface area contributed by atoms with E-state index in [-0.39, 0.29) is 10.8 Å². The van der Waals surface area contributed by atoms with Gasteiger partial charge in [0.1, 0.15) is 4.83 Å². The molecule has 2 N–H and O–H groups in total. The topological polar surface area (TPSA) is 38.9 Å². The number of hydrogen-bond donors (Lipinski definition) is 1. The van der Waals surface area contributed by atoms with Crippen LogP contribution in [0.25, 0.3) is 21.5 Å². The van der Waals surface area contributed by atoms with E-state index >= 15 is 0 Å². The zero-order valence-corrected chi connectivity index (χ0v) is 10.6. The van der Waals surface area contributed by atoms with Gasteiger partial charge < -0.3 is 5.73 Å². The van der Waals surface area contributed by atoms with Crippen LogP contribution >= 0.6 is 11.3 Å². The van der Waals surface area contributed by atoms with Gasteiger partial charge in [-0.15, -0.1) is 0 Å². The molecule has 0 amide bonds. The number of nitrogens with zero attached hydrogens (tertiary/aromatic N) is 1. The van der Waals surface area contributed by atoms with E-state index in [4.69, 9.17) is 5.73 Å². The molecule has 0 saturated heterocycles. The van der Waals surface area contributed by atoms with Crippen molar-refractivity contribution in [1.82, 2.24) is 4.98 Å². The van der Waals surface area contributed by atoms with Crippen molar-refractivity contribution in [3.8, 4) is 11.3 Å². The van der Waals surface area contributed by atoms with Crippen molar-refractivity contribution >= 4 is 27.2 Å². The molecule has 0 unspecified atom stereocenters. The Balaban J connectivity index is 2.28. The molecule has 0 aliphatic carbocycles. The first-order valence-electron chi connectivity index (χ1n) is 5.57. The highest BCUT2D eigenvalue weighted by Crippen LogP contribution is 2.35. The second-order valence-corrected chi connectivity index (χ2v) is 5.11. The summed E-state index contributed by atoms with van der Waals surface area (Å²) in [6, 6.07) is 11.8. The first kappa shape index (κ1) is 11.2. The van der Waals surface area contributed by atoms with Crippen LogP contribution in [0.3, 0.4) is 0 Å². The largest absolute Gasteiger partial charge is 0.395 e. The van der Waals surface area contributed by atoms with Crippen molar-refractivity contribution in [3.63, 3.8) is 0 Å². The molecule has 0 spiro atoms. The molecule has 2 nitrogen and oxygen atoms in total. The van der Waals surface area contributed by atoms with Gasteiger partial charge >= 0.3 is 0 Å². The lowest BCUT2D eigenvalue weighted by Crippen LogP contribution is -1.89. The zero-order chi connectivity index (χ0) is 12.7. The maximum atomic E-state index is 13.5. The smallest absolute Gasteiger partial charge is 0.202 e. The molecule has 2 aromatic heterocycles. The number of thiophene rings is 1. The Kier molecular flexibility index (Phi) is 2.52. The maximum Gasteiger partial charge on any atom is 0.202 e. The molecule has 0 saturated carbocycles. The first-order chi connectivity index (χ1) is 8.66. The third-order valence-corrected chi connectivity index (χ3v) is 3.81. The van der Waals surface area contributed by atoms with Gasteiger partial charge in [0.05, 0.1) is 11.4 Å². The van der Waals surface area contributed by atoms with Crippen LogP contribution in [0.1, 0.15) is 5.56 Å². The summed E-state index contributed by atoms with van der Waals surface area (Å²) in [5.74, 6) is 0. The molecule has 3 rings (SSSR count). The van der Waals surface area contributed by atoms with E-state index < -0.39 is 0 Å². The summed E-state index contributed by atoms with van der Waals surface area (Å²) in [4.78, 5) is 5.14. The number of rotatable bonds is 1. The van der Waals surface area contributed by atoms with Gasteiger partial charge in [0.2, 0.25) is 5.13 Å². The summed E-state index contributed by atoms with van der Waals surface area (Å²) < 4.78 is 13.5. The third-order valence-electron chi connectivity index (χ3n) is 2.92. The van der Waals surface area contributed by atoms with Crippen LogP contribution in [0, 0.1) is 12.1 Å². The van der Waals surface area contributed by atoms with Gasteiger partial charge in [-0.25, -0.2) is 4.98 Å². The molecule has 0 aliphatic heterocycles. The van der Waals surface area contributed by atoms with Gasteiger partial charge in [-0.2, -0.15) is 4.39 Å². The molecule has 0 bridgehead atoms. The van der Waals surface area contributed by atoms with E-state index in [1.165, 1.54) is 0 Å². The lowest BCUT2D eigenvalue weighted by Gasteiger charge is -2.04. The molecular weight excluding hydrogens is 247 g/mol. The predicted molar refractivity (Wildman–Crippen MR) is 74.2 cm³/mol. The quantitative estimate of drug-likeness (QED) is 0.716. The van der Waals surface area contributed by atoms with Crippen molar-refractivity contribution in [2.75, 3.05) is 5.73 Å². The SMILES string of the molecule is Cc1cc(-c2ccccc2)nc2sc(F)c(N)c12. The third kappa shape index (κ3) is 1.66. The van der Waals surface area contributed by atoms with Crippen LogP contribution in [-0.4, -0.2) is 4.98 Å². The number of nitrogen functional groups attached to an aromatic ring is 1. The van der Waals surface area contributed by atoms with E-state index in [1.54, 1.807) is 0 Å². The fourth-order valence-electron chi connectivity index (χ4n) is 2.04. The van der Waals surface area contributed by atoms with E-state index in [1.807, 2.05) is 43.3 Å². The van der Waals surface area contributed by atoms with Crippen LogP contribution in [0.4, 0.5) is 10.1 Å². The minimum Gasteiger partial charge on any atom is -0.395 e. The summed E-state index contributed by atoms with van der Waals surface area (Å²) in [7, 11) is 0. The van der Waals surface area contributed by atoms with Gasteiger partial charge in [0.15, 0.2) is 0 Å². The van der Waals surface area contributed by atoms with Crippen LogP contribution < -0.4 is 5.73 Å². The fraction of sp³-hybridized carbons (Fsp3) is 0.0714. The number of nitrogens with two attached hydrogens (primary N) is 1. The van der Waals surface area contributed by atoms with Crippen LogP contribution in [-0.2, 0) is 0 Å². The Morgan fingerprint density at radius 1 is 1.22 bits per heavy atom. The molecule has 18 heavy (non-hydrogen) atoms. The summed E-state index contributed by atoms with van der Waals surface area (Å²) >= 11 is 0.999. The van der Waals surface area contributed by atoms with Crippen LogP contribution in [0.15, 0.2) is 36.4 Å². The van der Waals surface area contributed by atoms with E-state index in [9.17, 15) is 4.39 Å². The summed E-state index contributed by atoms with van der Waals surface area (Å²) in [5.41, 5.74) is 8.76. The highest BCUT2D eigenvalue weighted by Gasteiger charge is 2.14. The van der Waals surface area contributed by atoms with Crippen molar-refractivity contribution in [1.29, 1.82) is 0 Å². The minimum atomic E-state index is -0.356. The van der Waals surface area contributed by atoms with Gasteiger partial charge in [-0.3, -0.25) is 0 Å². The van der Waals surface area contributed by atoms with E-state index in [0.717, 1.165) is 33.5 Å². The Bertz CT molecular complexity index is 719. The highest BCUT2D eigenvalue weighted by molar-refractivity contribution is 7.17. The van der Waals surface area contributed by atoms with Crippen molar-refractivity contribution in [3.05, 3.63) is 47.1 Å². The molecule has 90 valence electrons. The number of aromatic nitrogens is 1. The molecule has 3 aromatic rings. The maximum absolute atomic E-state index is 13.5. The predicted octanol–water partition coefficient (Wildman–Crippen LogP) is 3.99. The standard InChI is InChI=1S/C14H11FN2S/c1-8-7-10(9-5-3-2-4-6-9)17-14-11(8)12(16)13(15)18-14/h2-7H,16H2,1H3. The van der Waals surface area contributed by atoms with Gasteiger partial charge in [0, 0.05) is 10.9 Å². The van der Waals surface area contributed by atoms with Gasteiger partial charge in [0.25, 0.3) is 0 Å². The highest BCUT2D eigenvalue weighted by atomic mass is 32.1. The van der Waals surface area contributed by atoms with Gasteiger partial charge in [-0.05, 0) is 18.6 Å². The van der Waals surface area contributed by atoms with Crippen LogP contribution in [0.5, 0.6) is 0 Å². The van der Waals surface area contributed by atoms with Gasteiger partial charge in [-0.1, -0.05) is 41.7 Å². The molecule has 0 fully saturated rings. The minimum absolute atomic E-state index is 0.208. The molecule has 2 heterocycles. The number of fused-ring (bicyclic) bond motifs is 1. The number of aryl methyl sites for hydroxylation is 1. The Morgan fingerprint density at radius 2 is 1.94 bits per heavy atom. The van der Waals surface area contributed by atoms with Crippen LogP contribution in [0.2, 0.25) is 0 Å². The van der Waals surface area contributed by atoms with Crippen molar-refractivity contribution < 1.29 is 4.39 Å². The summed E-state index contributed by atoms with van der Waals surface area (Å²) in [6.07, 6.45) is 0. The monoisotopic (exact) mass is 258 g/mol. The average molecular weight is 258 g/mol. The lowest BCUT2D eigenvalue weighted by molar-refractivity contribution is 0.662. The molecular formula is C14H11FN2S. The number of hydrogen-bond acceptors (Lipinski definition) is 3. The average Bonchev–Trinajstić information content (AvgIpc) is 2.66. The first-order valence-corrected chi connectivity index (χ1v) is 6.39. The number of benzene rings is 1. The normalized spacial score (nSPS) is 11.0. The number of halogens is 1. The number of pyridine rings is 1. The Hall–Kier alpha value is -1.94. The second-order valence-electron chi connectivity index (χ2n) is 4.16.